The fourth-order valence-corrected chi connectivity index (χ4v) is 4.45. The molecule has 8 heteroatoms. The lowest BCUT2D eigenvalue weighted by molar-refractivity contribution is -0.119. The zero-order valence-corrected chi connectivity index (χ0v) is 19.8. The molecular formula is C25H27N3O4S. The Morgan fingerprint density at radius 3 is 2.73 bits per heavy atom. The van der Waals surface area contributed by atoms with Crippen LogP contribution in [0.3, 0.4) is 0 Å². The summed E-state index contributed by atoms with van der Waals surface area (Å²) in [6.45, 7) is 6.26. The minimum Gasteiger partial charge on any atom is -0.454 e. The zero-order chi connectivity index (χ0) is 23.4. The highest BCUT2D eigenvalue weighted by Gasteiger charge is 2.32. The molecule has 172 valence electrons. The van der Waals surface area contributed by atoms with Crippen LogP contribution in [0.1, 0.15) is 37.8 Å². The second-order valence-corrected chi connectivity index (χ2v) is 9.00. The number of aliphatic imine (C=N–C) groups is 1. The van der Waals surface area contributed by atoms with Crippen LogP contribution in [0.2, 0.25) is 0 Å². The van der Waals surface area contributed by atoms with Crippen LogP contribution in [0.25, 0.3) is 6.08 Å². The molecule has 33 heavy (non-hydrogen) atoms. The molecule has 2 aliphatic heterocycles. The number of hydrogen-bond donors (Lipinski definition) is 1. The van der Waals surface area contributed by atoms with Crippen molar-refractivity contribution in [1.29, 1.82) is 0 Å². The van der Waals surface area contributed by atoms with Crippen molar-refractivity contribution in [3.05, 3.63) is 59.3 Å². The number of fused-ring (bicyclic) bond motifs is 1. The average molecular weight is 466 g/mol. The predicted octanol–water partition coefficient (Wildman–Crippen LogP) is 4.51. The number of amides is 2. The summed E-state index contributed by atoms with van der Waals surface area (Å²) in [5.74, 6) is 1.19. The predicted molar refractivity (Wildman–Crippen MR) is 132 cm³/mol. The molecule has 0 aliphatic carbocycles. The summed E-state index contributed by atoms with van der Waals surface area (Å²) in [6, 6.07) is 13.3. The molecule has 7 nitrogen and oxygen atoms in total. The molecule has 0 bridgehead atoms. The van der Waals surface area contributed by atoms with E-state index in [9.17, 15) is 9.59 Å². The third kappa shape index (κ3) is 5.39. The molecule has 2 aromatic carbocycles. The first-order valence-electron chi connectivity index (χ1n) is 11.0. The van der Waals surface area contributed by atoms with Crippen LogP contribution in [-0.2, 0) is 9.59 Å². The molecule has 4 rings (SSSR count). The highest BCUT2D eigenvalue weighted by molar-refractivity contribution is 8.14. The van der Waals surface area contributed by atoms with E-state index in [0.717, 1.165) is 24.0 Å². The van der Waals surface area contributed by atoms with E-state index in [0.29, 0.717) is 28.1 Å². The number of ether oxygens (including phenoxy) is 2. The van der Waals surface area contributed by atoms with Crippen LogP contribution >= 0.6 is 11.8 Å². The summed E-state index contributed by atoms with van der Waals surface area (Å²) < 4.78 is 10.8. The number of nitrogens with zero attached hydrogens (tertiary/aromatic N) is 2. The molecule has 1 unspecified atom stereocenters. The lowest BCUT2D eigenvalue weighted by Crippen LogP contribution is -2.35. The van der Waals surface area contributed by atoms with Crippen LogP contribution in [0.5, 0.6) is 11.5 Å². The zero-order valence-electron chi connectivity index (χ0n) is 19.0. The molecule has 1 atom stereocenters. The first kappa shape index (κ1) is 22.9. The van der Waals surface area contributed by atoms with Gasteiger partial charge in [-0.15, -0.1) is 0 Å². The van der Waals surface area contributed by atoms with Gasteiger partial charge in [0.2, 0.25) is 12.7 Å². The SMILES string of the molecule is CCCC(C)NC(=O)CSC1=N/C(=C\c2ccc3c(c2)OCO3)C(=O)N1c1ccc(C)cc1. The molecule has 1 N–H and O–H groups in total. The van der Waals surface area contributed by atoms with Crippen molar-refractivity contribution in [2.75, 3.05) is 17.4 Å². The third-order valence-corrected chi connectivity index (χ3v) is 6.22. The van der Waals surface area contributed by atoms with Crippen molar-refractivity contribution in [1.82, 2.24) is 5.32 Å². The molecule has 0 saturated carbocycles. The summed E-state index contributed by atoms with van der Waals surface area (Å²) in [5, 5.41) is 3.48. The second kappa shape index (κ2) is 10.1. The Hall–Kier alpha value is -3.26. The van der Waals surface area contributed by atoms with Gasteiger partial charge in [-0.2, -0.15) is 0 Å². The van der Waals surface area contributed by atoms with E-state index >= 15 is 0 Å². The van der Waals surface area contributed by atoms with Gasteiger partial charge >= 0.3 is 0 Å². The number of benzene rings is 2. The highest BCUT2D eigenvalue weighted by atomic mass is 32.2. The maximum absolute atomic E-state index is 13.3. The lowest BCUT2D eigenvalue weighted by atomic mass is 10.1. The van der Waals surface area contributed by atoms with Gasteiger partial charge in [-0.1, -0.05) is 48.9 Å². The standard InChI is InChI=1S/C25H27N3O4S/c1-4-5-17(3)26-23(29)14-33-25-27-20(12-18-8-11-21-22(13-18)32-15-31-21)24(30)28(25)19-9-6-16(2)7-10-19/h6-13,17H,4-5,14-15H2,1-3H3,(H,26,29)/b20-12-. The fraction of sp³-hybridized carbons (Fsp3) is 0.320. The molecule has 2 aliphatic rings. The number of carbonyl (C=O) groups excluding carboxylic acids is 2. The first-order valence-corrected chi connectivity index (χ1v) is 12.0. The molecule has 2 amide bonds. The van der Waals surface area contributed by atoms with Crippen molar-refractivity contribution in [2.45, 2.75) is 39.7 Å². The van der Waals surface area contributed by atoms with Gasteiger partial charge in [-0.05, 0) is 56.2 Å². The summed E-state index contributed by atoms with van der Waals surface area (Å²) in [7, 11) is 0. The van der Waals surface area contributed by atoms with Crippen molar-refractivity contribution >= 4 is 40.5 Å². The minimum absolute atomic E-state index is 0.0758. The van der Waals surface area contributed by atoms with E-state index in [4.69, 9.17) is 9.47 Å². The van der Waals surface area contributed by atoms with E-state index < -0.39 is 0 Å². The van der Waals surface area contributed by atoms with Crippen LogP contribution in [-0.4, -0.2) is 35.6 Å². The maximum Gasteiger partial charge on any atom is 0.283 e. The lowest BCUT2D eigenvalue weighted by Gasteiger charge is -2.18. The topological polar surface area (TPSA) is 80.2 Å². The van der Waals surface area contributed by atoms with E-state index in [1.54, 1.807) is 11.0 Å². The van der Waals surface area contributed by atoms with Gasteiger partial charge in [0.25, 0.3) is 5.91 Å². The van der Waals surface area contributed by atoms with Crippen LogP contribution in [0.4, 0.5) is 5.69 Å². The Morgan fingerprint density at radius 2 is 1.97 bits per heavy atom. The number of carbonyl (C=O) groups is 2. The number of anilines is 1. The van der Waals surface area contributed by atoms with E-state index in [1.165, 1.54) is 11.8 Å². The molecule has 2 heterocycles. The smallest absolute Gasteiger partial charge is 0.283 e. The second-order valence-electron chi connectivity index (χ2n) is 8.06. The number of nitrogens with one attached hydrogen (secondary N) is 1. The molecule has 0 radical (unpaired) electrons. The van der Waals surface area contributed by atoms with Gasteiger partial charge in [0.05, 0.1) is 11.4 Å². The number of aryl methyl sites for hydroxylation is 1. The Bertz CT molecular complexity index is 1110. The number of amidine groups is 1. The van der Waals surface area contributed by atoms with Crippen molar-refractivity contribution in [3.63, 3.8) is 0 Å². The summed E-state index contributed by atoms with van der Waals surface area (Å²) in [5.41, 5.74) is 2.90. The third-order valence-electron chi connectivity index (χ3n) is 5.28. The van der Waals surface area contributed by atoms with Crippen LogP contribution < -0.4 is 19.7 Å². The number of thioether (sulfide) groups is 1. The Kier molecular flexibility index (Phi) is 7.03. The monoisotopic (exact) mass is 465 g/mol. The van der Waals surface area contributed by atoms with Gasteiger partial charge in [0, 0.05) is 6.04 Å². The van der Waals surface area contributed by atoms with E-state index in [-0.39, 0.29) is 30.4 Å². The van der Waals surface area contributed by atoms with E-state index in [2.05, 4.69) is 17.2 Å². The van der Waals surface area contributed by atoms with Crippen LogP contribution in [0.15, 0.2) is 53.2 Å². The fourth-order valence-electron chi connectivity index (χ4n) is 3.63. The Morgan fingerprint density at radius 1 is 1.21 bits per heavy atom. The Balaban J connectivity index is 1.57. The molecule has 0 saturated heterocycles. The van der Waals surface area contributed by atoms with Gasteiger partial charge in [0.15, 0.2) is 16.7 Å². The molecule has 0 fully saturated rings. The first-order chi connectivity index (χ1) is 15.9. The quantitative estimate of drug-likeness (QED) is 0.609. The minimum atomic E-state index is -0.237. The summed E-state index contributed by atoms with van der Waals surface area (Å²) in [6.07, 6.45) is 3.65. The molecule has 0 aromatic heterocycles. The van der Waals surface area contributed by atoms with E-state index in [1.807, 2.05) is 56.3 Å². The number of rotatable bonds is 7. The molecular weight excluding hydrogens is 438 g/mol. The van der Waals surface area contributed by atoms with Crippen molar-refractivity contribution < 1.29 is 19.1 Å². The van der Waals surface area contributed by atoms with Gasteiger partial charge in [-0.25, -0.2) is 4.99 Å². The average Bonchev–Trinajstić information content (AvgIpc) is 3.37. The van der Waals surface area contributed by atoms with Crippen LogP contribution in [0, 0.1) is 6.92 Å². The van der Waals surface area contributed by atoms with Crippen molar-refractivity contribution in [2.24, 2.45) is 4.99 Å². The Labute approximate surface area is 197 Å². The molecule has 0 spiro atoms. The highest BCUT2D eigenvalue weighted by Crippen LogP contribution is 2.34. The molecule has 2 aromatic rings. The normalized spacial score (nSPS) is 16.8. The maximum atomic E-state index is 13.3. The number of hydrogen-bond acceptors (Lipinski definition) is 6. The summed E-state index contributed by atoms with van der Waals surface area (Å²) >= 11 is 1.26. The van der Waals surface area contributed by atoms with Crippen molar-refractivity contribution in [3.8, 4) is 11.5 Å². The summed E-state index contributed by atoms with van der Waals surface area (Å²) in [4.78, 5) is 31.9. The van der Waals surface area contributed by atoms with Gasteiger partial charge in [-0.3, -0.25) is 14.5 Å². The largest absolute Gasteiger partial charge is 0.454 e. The van der Waals surface area contributed by atoms with Gasteiger partial charge in [0.1, 0.15) is 5.70 Å². The van der Waals surface area contributed by atoms with Gasteiger partial charge < -0.3 is 14.8 Å².